The number of halogens is 3. The Hall–Kier alpha value is -1.01. The molecule has 0 aliphatic carbocycles. The quantitative estimate of drug-likeness (QED) is 0.819. The van der Waals surface area contributed by atoms with Crippen LogP contribution in [0, 0.1) is 17.6 Å². The van der Waals surface area contributed by atoms with Gasteiger partial charge in [0.2, 0.25) is 5.91 Å². The monoisotopic (exact) mass is 320 g/mol. The van der Waals surface area contributed by atoms with Gasteiger partial charge in [0.25, 0.3) is 0 Å². The molecule has 0 aliphatic heterocycles. The molecule has 0 spiro atoms. The molecule has 1 unspecified atom stereocenters. The third-order valence-corrected chi connectivity index (χ3v) is 3.17. The standard InChI is InChI=1S/C12H15BrF2N2O/c1-2-3-7(6-16)12(18)17-11-4-8(13)9(14)5-10(11)15/h4-5,7H,2-3,6,16H2,1H3,(H,17,18). The number of nitrogens with one attached hydrogen (secondary N) is 1. The van der Waals surface area contributed by atoms with Crippen LogP contribution in [0.3, 0.4) is 0 Å². The fourth-order valence-electron chi connectivity index (χ4n) is 1.56. The van der Waals surface area contributed by atoms with E-state index in [1.807, 2.05) is 6.92 Å². The molecule has 0 fully saturated rings. The minimum Gasteiger partial charge on any atom is -0.330 e. The van der Waals surface area contributed by atoms with Crippen molar-refractivity contribution in [2.75, 3.05) is 11.9 Å². The minimum absolute atomic E-state index is 0.0529. The van der Waals surface area contributed by atoms with Crippen molar-refractivity contribution in [2.24, 2.45) is 11.7 Å². The van der Waals surface area contributed by atoms with Gasteiger partial charge in [-0.2, -0.15) is 0 Å². The smallest absolute Gasteiger partial charge is 0.228 e. The normalized spacial score (nSPS) is 12.3. The summed E-state index contributed by atoms with van der Waals surface area (Å²) in [6, 6.07) is 1.92. The molecule has 1 rings (SSSR count). The second kappa shape index (κ2) is 6.80. The SMILES string of the molecule is CCCC(CN)C(=O)Nc1cc(Br)c(F)cc1F. The fraction of sp³-hybridized carbons (Fsp3) is 0.417. The highest BCUT2D eigenvalue weighted by atomic mass is 79.9. The van der Waals surface area contributed by atoms with Gasteiger partial charge in [0, 0.05) is 12.6 Å². The van der Waals surface area contributed by atoms with Crippen LogP contribution in [0.25, 0.3) is 0 Å². The summed E-state index contributed by atoms with van der Waals surface area (Å²) in [6.45, 7) is 2.13. The van der Waals surface area contributed by atoms with Crippen molar-refractivity contribution in [1.82, 2.24) is 0 Å². The molecular formula is C12H15BrF2N2O. The summed E-state index contributed by atoms with van der Waals surface area (Å²) in [4.78, 5) is 11.8. The van der Waals surface area contributed by atoms with Crippen LogP contribution < -0.4 is 11.1 Å². The minimum atomic E-state index is -0.809. The molecule has 0 aliphatic rings. The zero-order chi connectivity index (χ0) is 13.7. The molecule has 1 aromatic rings. The Bertz CT molecular complexity index is 440. The topological polar surface area (TPSA) is 55.1 Å². The van der Waals surface area contributed by atoms with E-state index in [-0.39, 0.29) is 28.5 Å². The van der Waals surface area contributed by atoms with Gasteiger partial charge in [-0.25, -0.2) is 8.78 Å². The van der Waals surface area contributed by atoms with Crippen LogP contribution in [0.5, 0.6) is 0 Å². The van der Waals surface area contributed by atoms with Crippen LogP contribution in [0.2, 0.25) is 0 Å². The predicted molar refractivity (Wildman–Crippen MR) is 70.1 cm³/mol. The van der Waals surface area contributed by atoms with E-state index in [0.29, 0.717) is 6.42 Å². The van der Waals surface area contributed by atoms with E-state index in [9.17, 15) is 13.6 Å². The van der Waals surface area contributed by atoms with Gasteiger partial charge in [0.05, 0.1) is 16.1 Å². The predicted octanol–water partition coefficient (Wildman–Crippen LogP) is 3.04. The van der Waals surface area contributed by atoms with E-state index in [1.165, 1.54) is 6.07 Å². The second-order valence-electron chi connectivity index (χ2n) is 3.96. The molecule has 0 heterocycles. The third kappa shape index (κ3) is 3.74. The maximum Gasteiger partial charge on any atom is 0.228 e. The second-order valence-corrected chi connectivity index (χ2v) is 4.81. The molecule has 3 N–H and O–H groups in total. The number of carbonyl (C=O) groups is 1. The first kappa shape index (κ1) is 15.0. The molecule has 0 aromatic heterocycles. The number of nitrogens with two attached hydrogens (primary N) is 1. The molecule has 1 aromatic carbocycles. The first-order chi connectivity index (χ1) is 8.49. The number of hydrogen-bond acceptors (Lipinski definition) is 2. The van der Waals surface area contributed by atoms with Crippen LogP contribution in [0.15, 0.2) is 16.6 Å². The van der Waals surface area contributed by atoms with Crippen molar-refractivity contribution in [3.8, 4) is 0 Å². The maximum absolute atomic E-state index is 13.4. The molecule has 18 heavy (non-hydrogen) atoms. The molecule has 0 saturated carbocycles. The van der Waals surface area contributed by atoms with Gasteiger partial charge < -0.3 is 11.1 Å². The van der Waals surface area contributed by atoms with Crippen molar-refractivity contribution in [3.05, 3.63) is 28.2 Å². The third-order valence-electron chi connectivity index (χ3n) is 2.56. The summed E-state index contributed by atoms with van der Waals surface area (Å²) in [7, 11) is 0. The average molecular weight is 321 g/mol. The highest BCUT2D eigenvalue weighted by Gasteiger charge is 2.18. The number of hydrogen-bond donors (Lipinski definition) is 2. The van der Waals surface area contributed by atoms with Crippen molar-refractivity contribution in [1.29, 1.82) is 0 Å². The molecule has 1 atom stereocenters. The van der Waals surface area contributed by atoms with Crippen molar-refractivity contribution in [3.63, 3.8) is 0 Å². The molecule has 3 nitrogen and oxygen atoms in total. The number of amides is 1. The molecule has 100 valence electrons. The van der Waals surface area contributed by atoms with Crippen LogP contribution in [0.4, 0.5) is 14.5 Å². The van der Waals surface area contributed by atoms with E-state index in [2.05, 4.69) is 21.2 Å². The van der Waals surface area contributed by atoms with Crippen LogP contribution in [-0.4, -0.2) is 12.5 Å². The van der Waals surface area contributed by atoms with Gasteiger partial charge in [0.1, 0.15) is 11.6 Å². The summed E-state index contributed by atoms with van der Waals surface area (Å²) in [5.74, 6) is -2.24. The molecule has 1 amide bonds. The van der Waals surface area contributed by atoms with Crippen LogP contribution >= 0.6 is 15.9 Å². The highest BCUT2D eigenvalue weighted by molar-refractivity contribution is 9.10. The van der Waals surface area contributed by atoms with E-state index >= 15 is 0 Å². The molecule has 0 radical (unpaired) electrons. The van der Waals surface area contributed by atoms with Crippen molar-refractivity contribution < 1.29 is 13.6 Å². The Morgan fingerprint density at radius 1 is 1.44 bits per heavy atom. The van der Waals surface area contributed by atoms with Gasteiger partial charge in [-0.15, -0.1) is 0 Å². The lowest BCUT2D eigenvalue weighted by atomic mass is 10.0. The van der Waals surface area contributed by atoms with Gasteiger partial charge in [-0.05, 0) is 28.4 Å². The number of benzene rings is 1. The lowest BCUT2D eigenvalue weighted by Gasteiger charge is -2.14. The molecular weight excluding hydrogens is 306 g/mol. The number of anilines is 1. The van der Waals surface area contributed by atoms with Crippen LogP contribution in [0.1, 0.15) is 19.8 Å². The molecule has 0 bridgehead atoms. The Morgan fingerprint density at radius 3 is 2.67 bits per heavy atom. The summed E-state index contributed by atoms with van der Waals surface area (Å²) in [5.41, 5.74) is 5.43. The fourth-order valence-corrected chi connectivity index (χ4v) is 1.90. The van der Waals surface area contributed by atoms with Gasteiger partial charge in [-0.1, -0.05) is 13.3 Å². The average Bonchev–Trinajstić information content (AvgIpc) is 2.32. The summed E-state index contributed by atoms with van der Waals surface area (Å²) in [6.07, 6.45) is 1.44. The van der Waals surface area contributed by atoms with Gasteiger partial charge >= 0.3 is 0 Å². The largest absolute Gasteiger partial charge is 0.330 e. The number of carbonyl (C=O) groups excluding carboxylic acids is 1. The first-order valence-corrected chi connectivity index (χ1v) is 6.44. The summed E-state index contributed by atoms with van der Waals surface area (Å²) in [5, 5.41) is 2.42. The maximum atomic E-state index is 13.4. The Labute approximate surface area is 113 Å². The van der Waals surface area contributed by atoms with Crippen molar-refractivity contribution >= 4 is 27.5 Å². The van der Waals surface area contributed by atoms with Crippen LogP contribution in [-0.2, 0) is 4.79 Å². The van der Waals surface area contributed by atoms with E-state index in [0.717, 1.165) is 12.5 Å². The van der Waals surface area contributed by atoms with E-state index < -0.39 is 11.6 Å². The Morgan fingerprint density at radius 2 is 2.11 bits per heavy atom. The Balaban J connectivity index is 2.84. The van der Waals surface area contributed by atoms with Gasteiger partial charge in [0.15, 0.2) is 0 Å². The summed E-state index contributed by atoms with van der Waals surface area (Å²) >= 11 is 2.94. The zero-order valence-corrected chi connectivity index (χ0v) is 11.6. The zero-order valence-electron chi connectivity index (χ0n) is 9.97. The highest BCUT2D eigenvalue weighted by Crippen LogP contribution is 2.24. The molecule has 0 saturated heterocycles. The first-order valence-electron chi connectivity index (χ1n) is 5.65. The molecule has 6 heteroatoms. The Kier molecular flexibility index (Phi) is 5.68. The number of rotatable bonds is 5. The lowest BCUT2D eigenvalue weighted by Crippen LogP contribution is -2.29. The van der Waals surface area contributed by atoms with Gasteiger partial charge in [-0.3, -0.25) is 4.79 Å². The van der Waals surface area contributed by atoms with E-state index in [1.54, 1.807) is 0 Å². The van der Waals surface area contributed by atoms with Crippen molar-refractivity contribution in [2.45, 2.75) is 19.8 Å². The van der Waals surface area contributed by atoms with E-state index in [4.69, 9.17) is 5.73 Å². The lowest BCUT2D eigenvalue weighted by molar-refractivity contribution is -0.119. The summed E-state index contributed by atoms with van der Waals surface area (Å²) < 4.78 is 26.6.